The molecule has 0 saturated heterocycles. The predicted molar refractivity (Wildman–Crippen MR) is 98.0 cm³/mol. The Morgan fingerprint density at radius 2 is 1.92 bits per heavy atom. The van der Waals surface area contributed by atoms with E-state index in [1.54, 1.807) is 32.2 Å². The molecule has 2 rings (SSSR count). The number of phenols is 1. The van der Waals surface area contributed by atoms with Gasteiger partial charge in [0.2, 0.25) is 0 Å². The molecule has 0 saturated carbocycles. The minimum absolute atomic E-state index is 0.0956. The Balaban J connectivity index is 2.10. The summed E-state index contributed by atoms with van der Waals surface area (Å²) in [5, 5.41) is 11.6. The minimum atomic E-state index is -3.76. The molecule has 26 heavy (non-hydrogen) atoms. The van der Waals surface area contributed by atoms with E-state index in [0.29, 0.717) is 0 Å². The molecule has 0 atom stereocenters. The van der Waals surface area contributed by atoms with Gasteiger partial charge < -0.3 is 9.84 Å². The van der Waals surface area contributed by atoms with Crippen LogP contribution < -0.4 is 4.72 Å². The summed E-state index contributed by atoms with van der Waals surface area (Å²) in [4.78, 5) is 23.8. The van der Waals surface area contributed by atoms with Crippen LogP contribution in [0.5, 0.6) is 5.75 Å². The third kappa shape index (κ3) is 4.83. The third-order valence-electron chi connectivity index (χ3n) is 3.40. The van der Waals surface area contributed by atoms with Crippen LogP contribution in [0, 0.1) is 5.41 Å². The quantitative estimate of drug-likeness (QED) is 0.725. The Morgan fingerprint density at radius 3 is 2.46 bits per heavy atom. The van der Waals surface area contributed by atoms with E-state index in [1.165, 1.54) is 18.2 Å². The molecular formula is C17H19NO6S2. The summed E-state index contributed by atoms with van der Waals surface area (Å²) < 4.78 is 31.7. The van der Waals surface area contributed by atoms with Crippen LogP contribution in [-0.4, -0.2) is 31.9 Å². The van der Waals surface area contributed by atoms with Crippen molar-refractivity contribution in [2.24, 2.45) is 5.41 Å². The van der Waals surface area contributed by atoms with Gasteiger partial charge in [0.25, 0.3) is 10.0 Å². The number of anilines is 1. The maximum Gasteiger partial charge on any atom is 0.342 e. The Kier molecular flexibility index (Phi) is 5.72. The number of carbonyl (C=O) groups excluding carboxylic acids is 2. The van der Waals surface area contributed by atoms with E-state index in [0.717, 1.165) is 17.4 Å². The van der Waals surface area contributed by atoms with Gasteiger partial charge in [0, 0.05) is 11.5 Å². The molecule has 1 heterocycles. The van der Waals surface area contributed by atoms with E-state index in [9.17, 15) is 23.1 Å². The first-order valence-electron chi connectivity index (χ1n) is 7.60. The highest BCUT2D eigenvalue weighted by atomic mass is 32.2. The number of phenolic OH excluding ortho intramolecular Hbond substituents is 1. The van der Waals surface area contributed by atoms with Gasteiger partial charge in [-0.15, -0.1) is 11.3 Å². The number of sulfonamides is 1. The van der Waals surface area contributed by atoms with Crippen LogP contribution in [0.15, 0.2) is 39.9 Å². The summed E-state index contributed by atoms with van der Waals surface area (Å²) in [6.45, 7) is 4.70. The van der Waals surface area contributed by atoms with Crippen LogP contribution in [0.25, 0.3) is 0 Å². The molecule has 7 nitrogen and oxygen atoms in total. The lowest BCUT2D eigenvalue weighted by Gasteiger charge is -2.16. The van der Waals surface area contributed by atoms with Crippen molar-refractivity contribution in [3.63, 3.8) is 0 Å². The van der Waals surface area contributed by atoms with E-state index in [2.05, 4.69) is 4.72 Å². The summed E-state index contributed by atoms with van der Waals surface area (Å²) in [6.07, 6.45) is 0. The average molecular weight is 397 g/mol. The molecule has 0 spiro atoms. The summed E-state index contributed by atoms with van der Waals surface area (Å²) in [7, 11) is -3.76. The first-order chi connectivity index (χ1) is 12.0. The highest BCUT2D eigenvalue weighted by molar-refractivity contribution is 7.94. The number of nitrogens with one attached hydrogen (secondary N) is 1. The van der Waals surface area contributed by atoms with Gasteiger partial charge in [-0.1, -0.05) is 26.8 Å². The second kappa shape index (κ2) is 7.46. The highest BCUT2D eigenvalue weighted by Gasteiger charge is 2.24. The number of esters is 1. The number of hydrogen-bond donors (Lipinski definition) is 2. The highest BCUT2D eigenvalue weighted by Crippen LogP contribution is 2.26. The molecule has 0 unspecified atom stereocenters. The van der Waals surface area contributed by atoms with Crippen molar-refractivity contribution in [1.29, 1.82) is 0 Å². The Bertz CT molecular complexity index is 911. The topological polar surface area (TPSA) is 110 Å². The van der Waals surface area contributed by atoms with Crippen molar-refractivity contribution in [2.75, 3.05) is 11.3 Å². The molecule has 9 heteroatoms. The van der Waals surface area contributed by atoms with E-state index < -0.39 is 33.8 Å². The molecule has 1 aromatic carbocycles. The van der Waals surface area contributed by atoms with Gasteiger partial charge in [0.05, 0.1) is 5.69 Å². The molecule has 2 N–H and O–H groups in total. The molecule has 0 fully saturated rings. The Hall–Kier alpha value is -2.39. The van der Waals surface area contributed by atoms with Gasteiger partial charge in [0.1, 0.15) is 15.5 Å². The number of Topliss-reactive ketones (excluding diaryl/α,β-unsaturated/α-hetero) is 1. The lowest BCUT2D eigenvalue weighted by atomic mass is 9.91. The summed E-state index contributed by atoms with van der Waals surface area (Å²) in [5.41, 5.74) is -0.712. The molecule has 0 amide bonds. The molecule has 140 valence electrons. The lowest BCUT2D eigenvalue weighted by Crippen LogP contribution is -2.26. The summed E-state index contributed by atoms with van der Waals surface area (Å²) >= 11 is 1.05. The Labute approximate surface area is 155 Å². The summed E-state index contributed by atoms with van der Waals surface area (Å²) in [5.74, 6) is -1.58. The first kappa shape index (κ1) is 19.9. The normalized spacial score (nSPS) is 11.8. The van der Waals surface area contributed by atoms with Crippen molar-refractivity contribution in [3.8, 4) is 5.75 Å². The minimum Gasteiger partial charge on any atom is -0.507 e. The molecule has 0 bridgehead atoms. The molecule has 0 aliphatic rings. The first-order valence-corrected chi connectivity index (χ1v) is 9.97. The maximum absolute atomic E-state index is 12.2. The summed E-state index contributed by atoms with van der Waals surface area (Å²) in [6, 6.07) is 6.71. The SMILES string of the molecule is CC(C)(C)C(=O)COC(=O)c1ccc(NS(=O)(=O)c2cccs2)cc1O. The van der Waals surface area contributed by atoms with E-state index >= 15 is 0 Å². The maximum atomic E-state index is 12.2. The number of hydrogen-bond acceptors (Lipinski definition) is 7. The second-order valence-corrected chi connectivity index (χ2v) is 9.38. The van der Waals surface area contributed by atoms with Crippen molar-refractivity contribution in [3.05, 3.63) is 41.3 Å². The standard InChI is InChI=1S/C17H19NO6S2/c1-17(2,3)14(20)10-24-16(21)12-7-6-11(9-13(12)19)18-26(22,23)15-5-4-8-25-15/h4-9,18-19H,10H2,1-3H3. The van der Waals surface area contributed by atoms with E-state index in [4.69, 9.17) is 4.74 Å². The van der Waals surface area contributed by atoms with Crippen LogP contribution in [0.2, 0.25) is 0 Å². The van der Waals surface area contributed by atoms with Crippen molar-refractivity contribution in [2.45, 2.75) is 25.0 Å². The number of ether oxygens (including phenoxy) is 1. The monoisotopic (exact) mass is 397 g/mol. The van der Waals surface area contributed by atoms with Crippen LogP contribution in [-0.2, 0) is 19.6 Å². The van der Waals surface area contributed by atoms with Gasteiger partial charge in [-0.3, -0.25) is 9.52 Å². The van der Waals surface area contributed by atoms with Crippen molar-refractivity contribution >= 4 is 38.8 Å². The zero-order chi connectivity index (χ0) is 19.5. The van der Waals surface area contributed by atoms with Crippen molar-refractivity contribution < 1.29 is 27.9 Å². The number of thiophene rings is 1. The zero-order valence-electron chi connectivity index (χ0n) is 14.5. The smallest absolute Gasteiger partial charge is 0.342 e. The Morgan fingerprint density at radius 1 is 1.23 bits per heavy atom. The van der Waals surface area contributed by atoms with Gasteiger partial charge in [-0.05, 0) is 23.6 Å². The van der Waals surface area contributed by atoms with Crippen LogP contribution in [0.1, 0.15) is 31.1 Å². The van der Waals surface area contributed by atoms with Crippen LogP contribution in [0.3, 0.4) is 0 Å². The fourth-order valence-electron chi connectivity index (χ4n) is 1.81. The van der Waals surface area contributed by atoms with Gasteiger partial charge in [-0.2, -0.15) is 0 Å². The molecule has 0 aliphatic carbocycles. The molecule has 0 aliphatic heterocycles. The lowest BCUT2D eigenvalue weighted by molar-refractivity contribution is -0.129. The van der Waals surface area contributed by atoms with Gasteiger partial charge >= 0.3 is 5.97 Å². The van der Waals surface area contributed by atoms with Crippen molar-refractivity contribution in [1.82, 2.24) is 0 Å². The average Bonchev–Trinajstić information content (AvgIpc) is 3.06. The number of rotatable bonds is 6. The van der Waals surface area contributed by atoms with Gasteiger partial charge in [0.15, 0.2) is 12.4 Å². The van der Waals surface area contributed by atoms with Crippen LogP contribution >= 0.6 is 11.3 Å². The molecule has 1 aromatic heterocycles. The number of ketones is 1. The number of aromatic hydroxyl groups is 1. The fraction of sp³-hybridized carbons (Fsp3) is 0.294. The zero-order valence-corrected chi connectivity index (χ0v) is 16.1. The number of benzene rings is 1. The largest absolute Gasteiger partial charge is 0.507 e. The second-order valence-electron chi connectivity index (χ2n) is 6.52. The van der Waals surface area contributed by atoms with Gasteiger partial charge in [-0.25, -0.2) is 13.2 Å². The predicted octanol–water partition coefficient (Wildman–Crippen LogP) is 3.03. The van der Waals surface area contributed by atoms with Crippen LogP contribution in [0.4, 0.5) is 5.69 Å². The van der Waals surface area contributed by atoms with E-state index in [-0.39, 0.29) is 21.2 Å². The fourth-order valence-corrected chi connectivity index (χ4v) is 3.86. The molecule has 2 aromatic rings. The third-order valence-corrected chi connectivity index (χ3v) is 6.18. The number of carbonyl (C=O) groups is 2. The molecule has 0 radical (unpaired) electrons. The molecular weight excluding hydrogens is 378 g/mol. The van der Waals surface area contributed by atoms with E-state index in [1.807, 2.05) is 0 Å².